The van der Waals surface area contributed by atoms with Crippen LogP contribution in [0.15, 0.2) is 30.3 Å². The van der Waals surface area contributed by atoms with Gasteiger partial charge in [0.25, 0.3) is 0 Å². The van der Waals surface area contributed by atoms with Crippen molar-refractivity contribution in [1.29, 1.82) is 0 Å². The van der Waals surface area contributed by atoms with Crippen LogP contribution in [-0.4, -0.2) is 49.6 Å². The second kappa shape index (κ2) is 8.00. The maximum atomic E-state index is 13.2. The average Bonchev–Trinajstić information content (AvgIpc) is 2.67. The molecule has 2 fully saturated rings. The van der Waals surface area contributed by atoms with E-state index in [1.807, 2.05) is 35.2 Å². The molecule has 25 heavy (non-hydrogen) atoms. The summed E-state index contributed by atoms with van der Waals surface area (Å²) in [5, 5.41) is 3.18. The average molecular weight is 344 g/mol. The Morgan fingerprint density at radius 3 is 2.56 bits per heavy atom. The van der Waals surface area contributed by atoms with Crippen LogP contribution < -0.4 is 5.32 Å². The summed E-state index contributed by atoms with van der Waals surface area (Å²) < 4.78 is 5.51. The summed E-state index contributed by atoms with van der Waals surface area (Å²) in [7, 11) is 0. The second-order valence-electron chi connectivity index (χ2n) is 7.25. The summed E-state index contributed by atoms with van der Waals surface area (Å²) in [6, 6.07) is 10.0. The van der Waals surface area contributed by atoms with Crippen molar-refractivity contribution in [3.05, 3.63) is 35.9 Å². The highest BCUT2D eigenvalue weighted by molar-refractivity contribution is 5.88. The molecule has 0 aliphatic carbocycles. The fraction of sp³-hybridized carbons (Fsp3) is 0.600. The number of hydrogen-bond acceptors (Lipinski definition) is 3. The molecule has 5 nitrogen and oxygen atoms in total. The minimum Gasteiger partial charge on any atom is -0.381 e. The maximum Gasteiger partial charge on any atom is 0.230 e. The summed E-state index contributed by atoms with van der Waals surface area (Å²) in [6.07, 6.45) is 3.52. The van der Waals surface area contributed by atoms with Crippen molar-refractivity contribution in [2.24, 2.45) is 5.92 Å². The minimum absolute atomic E-state index is 0.0847. The number of ether oxygens (including phenoxy) is 1. The van der Waals surface area contributed by atoms with Crippen molar-refractivity contribution in [2.75, 3.05) is 32.8 Å². The van der Waals surface area contributed by atoms with Crippen LogP contribution in [0.5, 0.6) is 0 Å². The van der Waals surface area contributed by atoms with Gasteiger partial charge in [-0.25, -0.2) is 0 Å². The van der Waals surface area contributed by atoms with Gasteiger partial charge in [0.2, 0.25) is 11.8 Å². The number of amides is 2. The van der Waals surface area contributed by atoms with Gasteiger partial charge in [-0.15, -0.1) is 0 Å². The van der Waals surface area contributed by atoms with Gasteiger partial charge < -0.3 is 15.0 Å². The van der Waals surface area contributed by atoms with Crippen molar-refractivity contribution in [3.8, 4) is 0 Å². The molecule has 5 heteroatoms. The number of carbonyl (C=O) groups excluding carboxylic acids is 2. The Labute approximate surface area is 149 Å². The van der Waals surface area contributed by atoms with Crippen molar-refractivity contribution >= 4 is 11.8 Å². The lowest BCUT2D eigenvalue weighted by molar-refractivity contribution is -0.135. The van der Waals surface area contributed by atoms with E-state index >= 15 is 0 Å². The van der Waals surface area contributed by atoms with E-state index in [4.69, 9.17) is 4.74 Å². The molecule has 0 radical (unpaired) electrons. The fourth-order valence-corrected chi connectivity index (χ4v) is 3.98. The van der Waals surface area contributed by atoms with Gasteiger partial charge in [0.1, 0.15) is 0 Å². The van der Waals surface area contributed by atoms with Crippen LogP contribution in [0.3, 0.4) is 0 Å². The molecule has 2 amide bonds. The number of piperidine rings is 1. The third-order valence-electron chi connectivity index (χ3n) is 5.63. The van der Waals surface area contributed by atoms with Crippen LogP contribution in [0.1, 0.15) is 38.2 Å². The Morgan fingerprint density at radius 1 is 1.24 bits per heavy atom. The molecule has 0 aromatic heterocycles. The third kappa shape index (κ3) is 4.03. The molecule has 3 rings (SSSR count). The van der Waals surface area contributed by atoms with Crippen molar-refractivity contribution < 1.29 is 14.3 Å². The zero-order valence-corrected chi connectivity index (χ0v) is 15.0. The summed E-state index contributed by atoms with van der Waals surface area (Å²) in [5.41, 5.74) is 0.513. The lowest BCUT2D eigenvalue weighted by atomic mass is 9.72. The number of nitrogens with zero attached hydrogens (tertiary/aromatic N) is 1. The number of rotatable bonds is 4. The Bertz CT molecular complexity index is 588. The van der Waals surface area contributed by atoms with Gasteiger partial charge in [0.15, 0.2) is 0 Å². The van der Waals surface area contributed by atoms with Crippen LogP contribution in [0.25, 0.3) is 0 Å². The molecule has 0 spiro atoms. The smallest absolute Gasteiger partial charge is 0.230 e. The van der Waals surface area contributed by atoms with Crippen molar-refractivity contribution in [2.45, 2.75) is 38.0 Å². The maximum absolute atomic E-state index is 13.2. The van der Waals surface area contributed by atoms with E-state index in [0.717, 1.165) is 31.6 Å². The third-order valence-corrected chi connectivity index (χ3v) is 5.63. The predicted molar refractivity (Wildman–Crippen MR) is 96.2 cm³/mol. The van der Waals surface area contributed by atoms with Gasteiger partial charge in [-0.1, -0.05) is 30.3 Å². The molecule has 2 aliphatic heterocycles. The van der Waals surface area contributed by atoms with Gasteiger partial charge in [0, 0.05) is 33.2 Å². The highest BCUT2D eigenvalue weighted by atomic mass is 16.5. The van der Waals surface area contributed by atoms with Gasteiger partial charge >= 0.3 is 0 Å². The zero-order valence-electron chi connectivity index (χ0n) is 15.0. The van der Waals surface area contributed by atoms with E-state index in [1.165, 1.54) is 0 Å². The van der Waals surface area contributed by atoms with E-state index in [1.54, 1.807) is 6.92 Å². The van der Waals surface area contributed by atoms with E-state index in [-0.39, 0.29) is 11.8 Å². The number of likely N-dealkylation sites (tertiary alicyclic amines) is 1. The molecule has 2 saturated heterocycles. The summed E-state index contributed by atoms with van der Waals surface area (Å²) in [6.45, 7) is 5.09. The van der Waals surface area contributed by atoms with Gasteiger partial charge in [-0.05, 0) is 37.2 Å². The van der Waals surface area contributed by atoms with E-state index in [9.17, 15) is 9.59 Å². The molecule has 136 valence electrons. The largest absolute Gasteiger partial charge is 0.381 e. The molecule has 0 bridgehead atoms. The molecule has 1 aromatic carbocycles. The standard InChI is InChI=1S/C20H28N2O3/c1-16(23)22-11-9-20(10-12-22,18-7-3-2-4-8-18)19(24)21-14-17-6-5-13-25-15-17/h2-4,7-8,17H,5-6,9-15H2,1H3,(H,21,24). The molecular formula is C20H28N2O3. The Morgan fingerprint density at radius 2 is 1.96 bits per heavy atom. The van der Waals surface area contributed by atoms with Crippen molar-refractivity contribution in [3.63, 3.8) is 0 Å². The monoisotopic (exact) mass is 344 g/mol. The van der Waals surface area contributed by atoms with E-state index in [0.29, 0.717) is 38.4 Å². The number of hydrogen-bond donors (Lipinski definition) is 1. The van der Waals surface area contributed by atoms with Crippen LogP contribution in [0.4, 0.5) is 0 Å². The summed E-state index contributed by atoms with van der Waals surface area (Å²) in [5.74, 6) is 0.580. The fourth-order valence-electron chi connectivity index (χ4n) is 3.98. The molecule has 1 aromatic rings. The molecular weight excluding hydrogens is 316 g/mol. The Balaban J connectivity index is 1.72. The Hall–Kier alpha value is -1.88. The summed E-state index contributed by atoms with van der Waals surface area (Å²) >= 11 is 0. The molecule has 2 aliphatic rings. The molecule has 1 unspecified atom stereocenters. The second-order valence-corrected chi connectivity index (χ2v) is 7.25. The first-order chi connectivity index (χ1) is 12.1. The first kappa shape index (κ1) is 17.9. The molecule has 2 heterocycles. The Kier molecular flexibility index (Phi) is 5.74. The van der Waals surface area contributed by atoms with E-state index < -0.39 is 5.41 Å². The normalized spacial score (nSPS) is 23.1. The topological polar surface area (TPSA) is 58.6 Å². The van der Waals surface area contributed by atoms with Crippen molar-refractivity contribution in [1.82, 2.24) is 10.2 Å². The molecule has 1 atom stereocenters. The first-order valence-corrected chi connectivity index (χ1v) is 9.29. The van der Waals surface area contributed by atoms with E-state index in [2.05, 4.69) is 5.32 Å². The summed E-state index contributed by atoms with van der Waals surface area (Å²) in [4.78, 5) is 26.7. The van der Waals surface area contributed by atoms with Crippen LogP contribution in [0.2, 0.25) is 0 Å². The SMILES string of the molecule is CC(=O)N1CCC(C(=O)NCC2CCCOC2)(c2ccccc2)CC1. The first-order valence-electron chi connectivity index (χ1n) is 9.29. The number of benzene rings is 1. The molecule has 1 N–H and O–H groups in total. The van der Waals surface area contributed by atoms with Gasteiger partial charge in [0.05, 0.1) is 12.0 Å². The quantitative estimate of drug-likeness (QED) is 0.910. The molecule has 0 saturated carbocycles. The van der Waals surface area contributed by atoms with Crippen LogP contribution in [0, 0.1) is 5.92 Å². The minimum atomic E-state index is -0.539. The predicted octanol–water partition coefficient (Wildman–Crippen LogP) is 2.11. The number of carbonyl (C=O) groups is 2. The van der Waals surface area contributed by atoms with Gasteiger partial charge in [-0.3, -0.25) is 9.59 Å². The highest BCUT2D eigenvalue weighted by Gasteiger charge is 2.43. The van der Waals surface area contributed by atoms with Gasteiger partial charge in [-0.2, -0.15) is 0 Å². The lowest BCUT2D eigenvalue weighted by Crippen LogP contribution is -2.53. The number of nitrogens with one attached hydrogen (secondary N) is 1. The zero-order chi connectivity index (χ0) is 17.7. The van der Waals surface area contributed by atoms with Crippen LogP contribution >= 0.6 is 0 Å². The lowest BCUT2D eigenvalue weighted by Gasteiger charge is -2.41. The van der Waals surface area contributed by atoms with Crippen LogP contribution in [-0.2, 0) is 19.7 Å². The highest BCUT2D eigenvalue weighted by Crippen LogP contribution is 2.36.